The van der Waals surface area contributed by atoms with Gasteiger partial charge in [0, 0.05) is 12.1 Å². The van der Waals surface area contributed by atoms with Gasteiger partial charge in [-0.2, -0.15) is 8.78 Å². The van der Waals surface area contributed by atoms with Crippen molar-refractivity contribution in [2.75, 3.05) is 6.54 Å². The van der Waals surface area contributed by atoms with Crippen LogP contribution in [0.15, 0.2) is 34.9 Å². The Labute approximate surface area is 127 Å². The lowest BCUT2D eigenvalue weighted by molar-refractivity contribution is -0.0501. The van der Waals surface area contributed by atoms with Crippen LogP contribution in [-0.4, -0.2) is 24.2 Å². The van der Waals surface area contributed by atoms with Gasteiger partial charge < -0.3 is 19.6 Å². The summed E-state index contributed by atoms with van der Waals surface area (Å²) in [4.78, 5) is 11.8. The average Bonchev–Trinajstić information content (AvgIpc) is 2.97. The molecule has 23 heavy (non-hydrogen) atoms. The van der Waals surface area contributed by atoms with Gasteiger partial charge in [-0.3, -0.25) is 4.79 Å². The van der Waals surface area contributed by atoms with E-state index >= 15 is 0 Å². The Morgan fingerprint density at radius 1 is 1.30 bits per heavy atom. The molecule has 0 radical (unpaired) electrons. The van der Waals surface area contributed by atoms with Crippen molar-refractivity contribution in [3.8, 4) is 5.75 Å². The van der Waals surface area contributed by atoms with Crippen LogP contribution in [0, 0.1) is 11.6 Å². The zero-order valence-electron chi connectivity index (χ0n) is 11.4. The number of carbonyl (C=O) groups is 1. The highest BCUT2D eigenvalue weighted by molar-refractivity contribution is 5.94. The molecule has 1 amide bonds. The molecule has 1 atom stereocenters. The van der Waals surface area contributed by atoms with E-state index in [2.05, 4.69) is 10.1 Å². The predicted molar refractivity (Wildman–Crippen MR) is 69.0 cm³/mol. The molecule has 2 N–H and O–H groups in total. The Morgan fingerprint density at radius 2 is 1.96 bits per heavy atom. The van der Waals surface area contributed by atoms with Crippen molar-refractivity contribution in [1.82, 2.24) is 5.32 Å². The van der Waals surface area contributed by atoms with Gasteiger partial charge in [-0.1, -0.05) is 0 Å². The molecule has 124 valence electrons. The Hall–Kier alpha value is -2.55. The van der Waals surface area contributed by atoms with Crippen molar-refractivity contribution in [3.05, 3.63) is 53.5 Å². The number of furan rings is 1. The topological polar surface area (TPSA) is 71.7 Å². The largest absolute Gasteiger partial charge is 0.467 e. The number of hydrogen-bond donors (Lipinski definition) is 2. The standard InChI is InChI=1S/C14H11F4NO4/c15-8-4-7(23-14(17)18)5-9(16)12(8)13(21)19-6-10(20)11-2-1-3-22-11/h1-5,10,14,20H,6H2,(H,19,21)/t10-/m0/s1. The zero-order valence-corrected chi connectivity index (χ0v) is 11.4. The van der Waals surface area contributed by atoms with Crippen molar-refractivity contribution in [2.24, 2.45) is 0 Å². The van der Waals surface area contributed by atoms with Gasteiger partial charge in [-0.15, -0.1) is 0 Å². The SMILES string of the molecule is O=C(NC[C@H](O)c1ccco1)c1c(F)cc(OC(F)F)cc1F. The summed E-state index contributed by atoms with van der Waals surface area (Å²) in [5, 5.41) is 11.8. The van der Waals surface area contributed by atoms with Crippen LogP contribution in [0.1, 0.15) is 22.2 Å². The third-order valence-corrected chi connectivity index (χ3v) is 2.80. The molecule has 1 heterocycles. The highest BCUT2D eigenvalue weighted by atomic mass is 19.3. The third-order valence-electron chi connectivity index (χ3n) is 2.80. The minimum atomic E-state index is -3.25. The fraction of sp³-hybridized carbons (Fsp3) is 0.214. The molecule has 0 aliphatic heterocycles. The lowest BCUT2D eigenvalue weighted by Gasteiger charge is -2.12. The van der Waals surface area contributed by atoms with Crippen molar-refractivity contribution in [3.63, 3.8) is 0 Å². The molecule has 0 spiro atoms. The first kappa shape index (κ1) is 16.8. The molecule has 1 aromatic heterocycles. The second-order valence-electron chi connectivity index (χ2n) is 4.38. The Balaban J connectivity index is 2.07. The summed E-state index contributed by atoms with van der Waals surface area (Å²) in [5.74, 6) is -4.49. The Bertz CT molecular complexity index is 652. The molecule has 0 unspecified atom stereocenters. The first-order valence-electron chi connectivity index (χ1n) is 6.32. The quantitative estimate of drug-likeness (QED) is 0.797. The van der Waals surface area contributed by atoms with Crippen molar-refractivity contribution < 1.29 is 36.6 Å². The van der Waals surface area contributed by atoms with Crippen LogP contribution in [0.4, 0.5) is 17.6 Å². The lowest BCUT2D eigenvalue weighted by Crippen LogP contribution is -2.29. The van der Waals surface area contributed by atoms with E-state index in [9.17, 15) is 27.5 Å². The molecule has 0 saturated carbocycles. The summed E-state index contributed by atoms with van der Waals surface area (Å²) in [5.41, 5.74) is -0.974. The maximum absolute atomic E-state index is 13.7. The van der Waals surface area contributed by atoms with Crippen LogP contribution in [0.2, 0.25) is 0 Å². The predicted octanol–water partition coefficient (Wildman–Crippen LogP) is 2.62. The summed E-state index contributed by atoms with van der Waals surface area (Å²) in [6.07, 6.45) is 0.100. The van der Waals surface area contributed by atoms with E-state index in [4.69, 9.17) is 4.42 Å². The van der Waals surface area contributed by atoms with E-state index in [1.165, 1.54) is 18.4 Å². The highest BCUT2D eigenvalue weighted by Gasteiger charge is 2.21. The number of aliphatic hydroxyl groups is 1. The molecule has 0 saturated heterocycles. The number of alkyl halides is 2. The van der Waals surface area contributed by atoms with Crippen LogP contribution >= 0.6 is 0 Å². The molecule has 0 aliphatic rings. The van der Waals surface area contributed by atoms with Gasteiger partial charge in [0.15, 0.2) is 0 Å². The van der Waals surface area contributed by atoms with E-state index < -0.39 is 41.6 Å². The number of hydrogen-bond acceptors (Lipinski definition) is 4. The van der Waals surface area contributed by atoms with E-state index in [0.29, 0.717) is 12.1 Å². The van der Waals surface area contributed by atoms with Crippen LogP contribution in [0.25, 0.3) is 0 Å². The van der Waals surface area contributed by atoms with E-state index in [1.54, 1.807) is 0 Å². The minimum absolute atomic E-state index is 0.159. The fourth-order valence-electron chi connectivity index (χ4n) is 1.80. The number of benzene rings is 1. The van der Waals surface area contributed by atoms with Crippen LogP contribution < -0.4 is 10.1 Å². The monoisotopic (exact) mass is 333 g/mol. The average molecular weight is 333 g/mol. The molecule has 2 aromatic rings. The van der Waals surface area contributed by atoms with Gasteiger partial charge in [-0.25, -0.2) is 8.78 Å². The number of amides is 1. The molecule has 1 aromatic carbocycles. The van der Waals surface area contributed by atoms with Crippen molar-refractivity contribution in [1.29, 1.82) is 0 Å². The third kappa shape index (κ3) is 4.22. The summed E-state index contributed by atoms with van der Waals surface area (Å²) >= 11 is 0. The van der Waals surface area contributed by atoms with Gasteiger partial charge >= 0.3 is 6.61 Å². The maximum atomic E-state index is 13.7. The number of halogens is 4. The molecule has 2 rings (SSSR count). The Kier molecular flexibility index (Phi) is 5.22. The van der Waals surface area contributed by atoms with Crippen LogP contribution in [0.5, 0.6) is 5.75 Å². The number of rotatable bonds is 6. The number of aliphatic hydroxyl groups excluding tert-OH is 1. The van der Waals surface area contributed by atoms with Gasteiger partial charge in [0.25, 0.3) is 5.91 Å². The van der Waals surface area contributed by atoms with Gasteiger partial charge in [-0.05, 0) is 12.1 Å². The summed E-state index contributed by atoms with van der Waals surface area (Å²) in [7, 11) is 0. The Morgan fingerprint density at radius 3 is 2.48 bits per heavy atom. The van der Waals surface area contributed by atoms with E-state index in [0.717, 1.165) is 0 Å². The minimum Gasteiger partial charge on any atom is -0.467 e. The summed E-state index contributed by atoms with van der Waals surface area (Å²) in [6, 6.07) is 3.90. The zero-order chi connectivity index (χ0) is 17.0. The maximum Gasteiger partial charge on any atom is 0.387 e. The lowest BCUT2D eigenvalue weighted by atomic mass is 10.1. The second kappa shape index (κ2) is 7.14. The molecule has 0 fully saturated rings. The van der Waals surface area contributed by atoms with Crippen LogP contribution in [-0.2, 0) is 0 Å². The van der Waals surface area contributed by atoms with Crippen LogP contribution in [0.3, 0.4) is 0 Å². The highest BCUT2D eigenvalue weighted by Crippen LogP contribution is 2.22. The van der Waals surface area contributed by atoms with E-state index in [-0.39, 0.29) is 12.3 Å². The molecular weight excluding hydrogens is 322 g/mol. The number of ether oxygens (including phenoxy) is 1. The summed E-state index contributed by atoms with van der Waals surface area (Å²) < 4.78 is 60.2. The number of carbonyl (C=O) groups excluding carboxylic acids is 1. The van der Waals surface area contributed by atoms with Crippen molar-refractivity contribution in [2.45, 2.75) is 12.7 Å². The molecule has 0 bridgehead atoms. The molecule has 9 heteroatoms. The first-order valence-corrected chi connectivity index (χ1v) is 6.32. The molecule has 5 nitrogen and oxygen atoms in total. The molecular formula is C14H11F4NO4. The van der Waals surface area contributed by atoms with E-state index in [1.807, 2.05) is 0 Å². The fourth-order valence-corrected chi connectivity index (χ4v) is 1.80. The van der Waals surface area contributed by atoms with Crippen molar-refractivity contribution >= 4 is 5.91 Å². The normalized spacial score (nSPS) is 12.3. The van der Waals surface area contributed by atoms with Gasteiger partial charge in [0.2, 0.25) is 0 Å². The smallest absolute Gasteiger partial charge is 0.387 e. The van der Waals surface area contributed by atoms with Gasteiger partial charge in [0.1, 0.15) is 34.8 Å². The molecule has 0 aliphatic carbocycles. The van der Waals surface area contributed by atoms with Gasteiger partial charge in [0.05, 0.1) is 12.8 Å². The first-order chi connectivity index (χ1) is 10.9. The second-order valence-corrected chi connectivity index (χ2v) is 4.38. The summed E-state index contributed by atoms with van der Waals surface area (Å²) in [6.45, 7) is -3.61. The number of nitrogens with one attached hydrogen (secondary N) is 1.